The number of hydrogen-bond donors (Lipinski definition) is 1. The van der Waals surface area contributed by atoms with Gasteiger partial charge in [-0.15, -0.1) is 0 Å². The summed E-state index contributed by atoms with van der Waals surface area (Å²) in [7, 11) is 0. The van der Waals surface area contributed by atoms with Crippen LogP contribution >= 0.6 is 11.6 Å². The second-order valence-electron chi connectivity index (χ2n) is 4.62. The molecule has 0 atom stereocenters. The van der Waals surface area contributed by atoms with Crippen molar-refractivity contribution in [3.63, 3.8) is 0 Å². The van der Waals surface area contributed by atoms with Crippen LogP contribution < -0.4 is 5.73 Å². The van der Waals surface area contributed by atoms with E-state index in [9.17, 15) is 0 Å². The average Bonchev–Trinajstić information content (AvgIpc) is 2.27. The van der Waals surface area contributed by atoms with Crippen LogP contribution in [0.15, 0.2) is 12.1 Å². The van der Waals surface area contributed by atoms with Crippen molar-refractivity contribution in [3.8, 4) is 0 Å². The van der Waals surface area contributed by atoms with Crippen molar-refractivity contribution >= 4 is 17.4 Å². The lowest BCUT2D eigenvalue weighted by molar-refractivity contribution is 0.183. The predicted molar refractivity (Wildman–Crippen MR) is 67.3 cm³/mol. The summed E-state index contributed by atoms with van der Waals surface area (Å²) in [4.78, 5) is 6.69. The molecule has 0 spiro atoms. The zero-order valence-electron chi connectivity index (χ0n) is 9.62. The maximum absolute atomic E-state index is 6.10. The molecular formula is C12H18ClN3. The molecule has 2 N–H and O–H groups in total. The summed E-state index contributed by atoms with van der Waals surface area (Å²) in [5.41, 5.74) is 6.57. The fraction of sp³-hybridized carbons (Fsp3) is 0.583. The summed E-state index contributed by atoms with van der Waals surface area (Å²) < 4.78 is 0. The van der Waals surface area contributed by atoms with Gasteiger partial charge in [-0.3, -0.25) is 4.90 Å². The quantitative estimate of drug-likeness (QED) is 0.863. The Morgan fingerprint density at radius 2 is 2.12 bits per heavy atom. The van der Waals surface area contributed by atoms with Gasteiger partial charge in [0.25, 0.3) is 0 Å². The molecule has 1 aliphatic rings. The zero-order valence-corrected chi connectivity index (χ0v) is 10.4. The Kier molecular flexibility index (Phi) is 3.66. The third-order valence-corrected chi connectivity index (χ3v) is 3.53. The Labute approximate surface area is 102 Å². The molecule has 1 aromatic rings. The summed E-state index contributed by atoms with van der Waals surface area (Å²) in [5, 5.41) is 0.716. The fourth-order valence-electron chi connectivity index (χ4n) is 2.04. The molecule has 1 fully saturated rings. The van der Waals surface area contributed by atoms with Gasteiger partial charge in [0.15, 0.2) is 0 Å². The van der Waals surface area contributed by atoms with E-state index in [1.807, 2.05) is 6.07 Å². The van der Waals surface area contributed by atoms with E-state index in [0.29, 0.717) is 10.8 Å². The summed E-state index contributed by atoms with van der Waals surface area (Å²) in [6.45, 7) is 5.39. The van der Waals surface area contributed by atoms with Crippen LogP contribution in [-0.4, -0.2) is 23.0 Å². The molecule has 0 unspecified atom stereocenters. The number of anilines is 1. The molecule has 0 saturated carbocycles. The summed E-state index contributed by atoms with van der Waals surface area (Å²) in [6, 6.07) is 3.57. The van der Waals surface area contributed by atoms with Crippen molar-refractivity contribution in [1.82, 2.24) is 9.88 Å². The Hall–Kier alpha value is -0.800. The molecule has 0 aromatic carbocycles. The van der Waals surface area contributed by atoms with Gasteiger partial charge < -0.3 is 5.73 Å². The molecule has 2 rings (SSSR count). The van der Waals surface area contributed by atoms with Gasteiger partial charge in [-0.25, -0.2) is 4.98 Å². The van der Waals surface area contributed by atoms with Crippen molar-refractivity contribution in [2.75, 3.05) is 18.8 Å². The Bertz CT molecular complexity index is 359. The van der Waals surface area contributed by atoms with E-state index in [1.54, 1.807) is 6.07 Å². The smallest absolute Gasteiger partial charge is 0.123 e. The second-order valence-corrected chi connectivity index (χ2v) is 5.03. The van der Waals surface area contributed by atoms with Crippen molar-refractivity contribution in [1.29, 1.82) is 0 Å². The molecule has 0 aliphatic carbocycles. The highest BCUT2D eigenvalue weighted by Gasteiger charge is 2.17. The third kappa shape index (κ3) is 2.86. The van der Waals surface area contributed by atoms with E-state index in [0.717, 1.165) is 31.2 Å². The Morgan fingerprint density at radius 3 is 2.81 bits per heavy atom. The third-order valence-electron chi connectivity index (χ3n) is 3.19. The fourth-order valence-corrected chi connectivity index (χ4v) is 2.21. The molecule has 3 nitrogen and oxygen atoms in total. The molecule has 4 heteroatoms. The van der Waals surface area contributed by atoms with Crippen LogP contribution in [0.1, 0.15) is 25.5 Å². The van der Waals surface area contributed by atoms with Gasteiger partial charge in [-0.1, -0.05) is 18.5 Å². The number of piperidine rings is 1. The molecule has 2 heterocycles. The van der Waals surface area contributed by atoms with Gasteiger partial charge >= 0.3 is 0 Å². The molecule has 0 amide bonds. The normalized spacial score (nSPS) is 18.9. The van der Waals surface area contributed by atoms with Crippen LogP contribution in [0.25, 0.3) is 0 Å². The highest BCUT2D eigenvalue weighted by molar-refractivity contribution is 6.31. The predicted octanol–water partition coefficient (Wildman–Crippen LogP) is 2.55. The molecule has 1 aromatic heterocycles. The highest BCUT2D eigenvalue weighted by atomic mass is 35.5. The van der Waals surface area contributed by atoms with Gasteiger partial charge in [0.1, 0.15) is 5.82 Å². The number of nitrogen functional groups attached to an aromatic ring is 1. The topological polar surface area (TPSA) is 42.2 Å². The first kappa shape index (κ1) is 11.7. The lowest BCUT2D eigenvalue weighted by Crippen LogP contribution is -2.32. The molecule has 1 aliphatic heterocycles. The first-order valence-corrected chi connectivity index (χ1v) is 6.16. The van der Waals surface area contributed by atoms with Crippen LogP contribution in [0, 0.1) is 5.92 Å². The molecule has 0 bridgehead atoms. The standard InChI is InChI=1S/C12H18ClN3/c1-9-4-6-16(7-5-9)8-11-10(13)2-3-12(14)15-11/h2-3,9H,4-8H2,1H3,(H2,14,15). The Balaban J connectivity index is 2.00. The highest BCUT2D eigenvalue weighted by Crippen LogP contribution is 2.21. The molecule has 16 heavy (non-hydrogen) atoms. The van der Waals surface area contributed by atoms with Crippen LogP contribution in [0.2, 0.25) is 5.02 Å². The lowest BCUT2D eigenvalue weighted by atomic mass is 9.99. The number of hydrogen-bond acceptors (Lipinski definition) is 3. The number of aromatic nitrogens is 1. The number of likely N-dealkylation sites (tertiary alicyclic amines) is 1. The average molecular weight is 240 g/mol. The first-order valence-electron chi connectivity index (χ1n) is 5.78. The molecular weight excluding hydrogens is 222 g/mol. The number of halogens is 1. The number of rotatable bonds is 2. The van der Waals surface area contributed by atoms with Crippen LogP contribution in [0.4, 0.5) is 5.82 Å². The minimum Gasteiger partial charge on any atom is -0.384 e. The van der Waals surface area contributed by atoms with E-state index >= 15 is 0 Å². The van der Waals surface area contributed by atoms with Gasteiger partial charge in [-0.05, 0) is 44.0 Å². The second kappa shape index (κ2) is 5.02. The summed E-state index contributed by atoms with van der Waals surface area (Å²) >= 11 is 6.10. The molecule has 88 valence electrons. The SMILES string of the molecule is CC1CCN(Cc2nc(N)ccc2Cl)CC1. The van der Waals surface area contributed by atoms with Crippen molar-refractivity contribution in [2.24, 2.45) is 5.92 Å². The first-order chi connectivity index (χ1) is 7.65. The number of nitrogens with two attached hydrogens (primary N) is 1. The van der Waals surface area contributed by atoms with Crippen LogP contribution in [-0.2, 0) is 6.54 Å². The van der Waals surface area contributed by atoms with E-state index in [4.69, 9.17) is 17.3 Å². The number of nitrogens with zero attached hydrogens (tertiary/aromatic N) is 2. The maximum Gasteiger partial charge on any atom is 0.123 e. The maximum atomic E-state index is 6.10. The van der Waals surface area contributed by atoms with Gasteiger partial charge in [0.2, 0.25) is 0 Å². The van der Waals surface area contributed by atoms with Crippen molar-refractivity contribution < 1.29 is 0 Å². The van der Waals surface area contributed by atoms with Crippen LogP contribution in [0.5, 0.6) is 0 Å². The minimum atomic E-state index is 0.546. The lowest BCUT2D eigenvalue weighted by Gasteiger charge is -2.30. The van der Waals surface area contributed by atoms with E-state index < -0.39 is 0 Å². The van der Waals surface area contributed by atoms with Gasteiger partial charge in [0, 0.05) is 6.54 Å². The van der Waals surface area contributed by atoms with Crippen molar-refractivity contribution in [3.05, 3.63) is 22.8 Å². The summed E-state index contributed by atoms with van der Waals surface area (Å²) in [6.07, 6.45) is 2.53. The Morgan fingerprint density at radius 1 is 1.44 bits per heavy atom. The molecule has 1 saturated heterocycles. The van der Waals surface area contributed by atoms with E-state index in [-0.39, 0.29) is 0 Å². The van der Waals surface area contributed by atoms with E-state index in [1.165, 1.54) is 12.8 Å². The largest absolute Gasteiger partial charge is 0.384 e. The zero-order chi connectivity index (χ0) is 11.5. The minimum absolute atomic E-state index is 0.546. The van der Waals surface area contributed by atoms with Crippen molar-refractivity contribution in [2.45, 2.75) is 26.3 Å². The van der Waals surface area contributed by atoms with Crippen LogP contribution in [0.3, 0.4) is 0 Å². The van der Waals surface area contributed by atoms with E-state index in [2.05, 4.69) is 16.8 Å². The molecule has 0 radical (unpaired) electrons. The number of pyridine rings is 1. The summed E-state index contributed by atoms with van der Waals surface area (Å²) in [5.74, 6) is 1.39. The van der Waals surface area contributed by atoms with Gasteiger partial charge in [0.05, 0.1) is 10.7 Å². The monoisotopic (exact) mass is 239 g/mol. The van der Waals surface area contributed by atoms with Gasteiger partial charge in [-0.2, -0.15) is 0 Å².